The molecule has 3 aliphatic rings. The molecule has 0 fully saturated rings. The number of Topliss-reactive ketones (excluding diaryl/α,β-unsaturated/α-hetero) is 1. The van der Waals surface area contributed by atoms with Crippen molar-refractivity contribution >= 4 is 17.3 Å². The van der Waals surface area contributed by atoms with Gasteiger partial charge < -0.3 is 5.32 Å². The first kappa shape index (κ1) is 11.1. The Hall–Kier alpha value is -2.99. The second kappa shape index (κ2) is 3.76. The fraction of sp³-hybridized carbons (Fsp3) is 0.154. The van der Waals surface area contributed by atoms with Crippen molar-refractivity contribution in [3.63, 3.8) is 0 Å². The van der Waals surface area contributed by atoms with Crippen molar-refractivity contribution in [3.05, 3.63) is 35.2 Å². The number of rotatable bonds is 0. The molecule has 1 aliphatic heterocycles. The number of carbonyl (C=O) groups excluding carboxylic acids is 2. The normalized spacial score (nSPS) is 27.7. The number of hydrogen-bond acceptors (Lipinski definition) is 6. The quantitative estimate of drug-likeness (QED) is 0.605. The third-order valence-corrected chi connectivity index (χ3v) is 3.19. The molecule has 1 N–H and O–H groups in total. The number of allylic oxidation sites excluding steroid dienone is 5. The van der Waals surface area contributed by atoms with Gasteiger partial charge in [0.05, 0.1) is 11.8 Å². The average Bonchev–Trinajstić information content (AvgIpc) is 2.71. The molecule has 0 bridgehead atoms. The van der Waals surface area contributed by atoms with Gasteiger partial charge in [0, 0.05) is 0 Å². The van der Waals surface area contributed by atoms with Gasteiger partial charge in [-0.25, -0.2) is 4.99 Å². The Morgan fingerprint density at radius 2 is 2.11 bits per heavy atom. The van der Waals surface area contributed by atoms with Crippen molar-refractivity contribution in [2.45, 2.75) is 6.04 Å². The molecule has 0 aromatic rings. The summed E-state index contributed by atoms with van der Waals surface area (Å²) in [6.07, 6.45) is 4.52. The zero-order valence-electron chi connectivity index (χ0n) is 9.54. The van der Waals surface area contributed by atoms with Gasteiger partial charge in [0.1, 0.15) is 17.7 Å². The van der Waals surface area contributed by atoms with Gasteiger partial charge >= 0.3 is 0 Å². The van der Waals surface area contributed by atoms with Crippen LogP contribution in [0.2, 0.25) is 0 Å². The first-order chi connectivity index (χ1) is 9.17. The van der Waals surface area contributed by atoms with Gasteiger partial charge in [-0.2, -0.15) is 10.5 Å². The lowest BCUT2D eigenvalue weighted by Crippen LogP contribution is -2.39. The number of fused-ring (bicyclic) bond motifs is 2. The summed E-state index contributed by atoms with van der Waals surface area (Å²) in [6.45, 7) is 0. The van der Waals surface area contributed by atoms with Crippen LogP contribution in [0.15, 0.2) is 40.2 Å². The lowest BCUT2D eigenvalue weighted by molar-refractivity contribution is -0.126. The summed E-state index contributed by atoms with van der Waals surface area (Å²) in [7, 11) is 0. The van der Waals surface area contributed by atoms with Crippen LogP contribution >= 0.6 is 0 Å². The topological polar surface area (TPSA) is 106 Å². The number of hydrogen-bond donors (Lipinski definition) is 1. The van der Waals surface area contributed by atoms with Gasteiger partial charge in [-0.3, -0.25) is 9.59 Å². The number of aliphatic imine (C=N–C) groups is 1. The fourth-order valence-corrected chi connectivity index (χ4v) is 2.32. The molecule has 90 valence electrons. The number of carbonyl (C=O) groups is 2. The molecule has 3 rings (SSSR count). The zero-order valence-corrected chi connectivity index (χ0v) is 9.54. The molecule has 6 nitrogen and oxygen atoms in total. The molecule has 0 saturated heterocycles. The molecule has 0 amide bonds. The molecule has 19 heavy (non-hydrogen) atoms. The molecule has 2 aliphatic carbocycles. The van der Waals surface area contributed by atoms with E-state index in [9.17, 15) is 9.59 Å². The Bertz CT molecular complexity index is 725. The van der Waals surface area contributed by atoms with Crippen molar-refractivity contribution in [1.29, 1.82) is 10.5 Å². The molecule has 0 spiro atoms. The van der Waals surface area contributed by atoms with E-state index in [2.05, 4.69) is 10.3 Å². The van der Waals surface area contributed by atoms with Gasteiger partial charge in [0.25, 0.3) is 0 Å². The Kier molecular flexibility index (Phi) is 2.20. The van der Waals surface area contributed by atoms with Crippen molar-refractivity contribution in [2.24, 2.45) is 10.9 Å². The summed E-state index contributed by atoms with van der Waals surface area (Å²) in [5, 5.41) is 20.6. The largest absolute Gasteiger partial charge is 0.360 e. The van der Waals surface area contributed by atoms with Gasteiger partial charge in [-0.05, 0) is 11.6 Å². The van der Waals surface area contributed by atoms with Crippen LogP contribution < -0.4 is 5.32 Å². The minimum Gasteiger partial charge on any atom is -0.360 e. The Balaban J connectivity index is 2.16. The summed E-state index contributed by atoms with van der Waals surface area (Å²) in [5.74, 6) is -1.58. The van der Waals surface area contributed by atoms with Crippen LogP contribution in [0.4, 0.5) is 0 Å². The van der Waals surface area contributed by atoms with Crippen LogP contribution in [0.3, 0.4) is 0 Å². The first-order valence-corrected chi connectivity index (χ1v) is 5.53. The fourth-order valence-electron chi connectivity index (χ4n) is 2.32. The molecule has 2 atom stereocenters. The Morgan fingerprint density at radius 1 is 1.32 bits per heavy atom. The highest BCUT2D eigenvalue weighted by atomic mass is 16.2. The molecule has 0 aromatic carbocycles. The summed E-state index contributed by atoms with van der Waals surface area (Å²) in [5.41, 5.74) is 0.941. The van der Waals surface area contributed by atoms with Crippen LogP contribution in [-0.4, -0.2) is 23.3 Å². The van der Waals surface area contributed by atoms with Gasteiger partial charge in [0.2, 0.25) is 0 Å². The highest BCUT2D eigenvalue weighted by Crippen LogP contribution is 2.38. The summed E-state index contributed by atoms with van der Waals surface area (Å²) < 4.78 is 0. The van der Waals surface area contributed by atoms with E-state index in [0.717, 1.165) is 0 Å². The van der Waals surface area contributed by atoms with Crippen molar-refractivity contribution in [2.75, 3.05) is 0 Å². The smallest absolute Gasteiger partial charge is 0.196 e. The zero-order chi connectivity index (χ0) is 13.6. The second-order valence-corrected chi connectivity index (χ2v) is 4.22. The molecule has 6 heteroatoms. The molecular formula is C13H6N4O2. The molecule has 0 aromatic heterocycles. The van der Waals surface area contributed by atoms with E-state index in [1.807, 2.05) is 12.1 Å². The third-order valence-electron chi connectivity index (χ3n) is 3.19. The summed E-state index contributed by atoms with van der Waals surface area (Å²) in [4.78, 5) is 28.0. The van der Waals surface area contributed by atoms with E-state index < -0.39 is 17.7 Å². The summed E-state index contributed by atoms with van der Waals surface area (Å²) >= 11 is 0. The lowest BCUT2D eigenvalue weighted by Gasteiger charge is -2.16. The molecular weight excluding hydrogens is 244 g/mol. The van der Waals surface area contributed by atoms with E-state index in [-0.39, 0.29) is 17.2 Å². The maximum absolute atomic E-state index is 12.2. The number of nitrogens with zero attached hydrogens (tertiary/aromatic N) is 3. The van der Waals surface area contributed by atoms with Gasteiger partial charge in [-0.1, -0.05) is 12.2 Å². The average molecular weight is 250 g/mol. The van der Waals surface area contributed by atoms with E-state index in [1.54, 1.807) is 12.2 Å². The molecule has 2 unspecified atom stereocenters. The third kappa shape index (κ3) is 1.37. The van der Waals surface area contributed by atoms with E-state index in [1.165, 1.54) is 6.08 Å². The number of nitrogens with one attached hydrogen (secondary N) is 1. The predicted octanol–water partition coefficient (Wildman–Crippen LogP) is -0.0778. The monoisotopic (exact) mass is 250 g/mol. The van der Waals surface area contributed by atoms with E-state index >= 15 is 0 Å². The number of nitriles is 2. The minimum atomic E-state index is -0.948. The molecule has 0 saturated carbocycles. The Morgan fingerprint density at radius 3 is 2.79 bits per heavy atom. The van der Waals surface area contributed by atoms with Crippen LogP contribution in [0, 0.1) is 28.6 Å². The minimum absolute atomic E-state index is 0.00222. The summed E-state index contributed by atoms with van der Waals surface area (Å²) in [6, 6.07) is 2.74. The molecule has 1 heterocycles. The van der Waals surface area contributed by atoms with Crippen molar-refractivity contribution in [3.8, 4) is 12.1 Å². The predicted molar refractivity (Wildman–Crippen MR) is 63.3 cm³/mol. The highest BCUT2D eigenvalue weighted by molar-refractivity contribution is 6.22. The highest BCUT2D eigenvalue weighted by Gasteiger charge is 2.45. The van der Waals surface area contributed by atoms with E-state index in [0.29, 0.717) is 11.3 Å². The van der Waals surface area contributed by atoms with Crippen LogP contribution in [-0.2, 0) is 9.59 Å². The maximum Gasteiger partial charge on any atom is 0.196 e. The van der Waals surface area contributed by atoms with E-state index in [4.69, 9.17) is 10.5 Å². The first-order valence-electron chi connectivity index (χ1n) is 5.53. The SMILES string of the molecule is N#CC1=NC2=C(NC1C#N)C(=O)C1C(=O)C=CC=C21. The van der Waals surface area contributed by atoms with Crippen LogP contribution in [0.5, 0.6) is 0 Å². The standard InChI is InChI=1S/C13H6N4O2/c14-4-7-8(5-15)17-12-11(16-7)6-2-1-3-9(18)10(6)13(12)19/h1-3,8,10,17H. The van der Waals surface area contributed by atoms with Crippen LogP contribution in [0.25, 0.3) is 0 Å². The number of ketones is 2. The Labute approximate surface area is 108 Å². The van der Waals surface area contributed by atoms with Crippen LogP contribution in [0.1, 0.15) is 0 Å². The lowest BCUT2D eigenvalue weighted by atomic mass is 9.91. The maximum atomic E-state index is 12.2. The molecule has 0 radical (unpaired) electrons. The van der Waals surface area contributed by atoms with Gasteiger partial charge in [-0.15, -0.1) is 0 Å². The second-order valence-electron chi connectivity index (χ2n) is 4.22. The van der Waals surface area contributed by atoms with Gasteiger partial charge in [0.15, 0.2) is 23.3 Å². The van der Waals surface area contributed by atoms with Crippen molar-refractivity contribution in [1.82, 2.24) is 5.32 Å². The van der Waals surface area contributed by atoms with Crippen molar-refractivity contribution < 1.29 is 9.59 Å².